The lowest BCUT2D eigenvalue weighted by atomic mass is 10.2. The van der Waals surface area contributed by atoms with Crippen LogP contribution in [0.1, 0.15) is 0 Å². The van der Waals surface area contributed by atoms with Gasteiger partial charge in [-0.2, -0.15) is 0 Å². The molecule has 0 aliphatic rings. The first-order valence-electron chi connectivity index (χ1n) is 4.05. The Balaban J connectivity index is 2.84. The molecule has 0 aliphatic heterocycles. The summed E-state index contributed by atoms with van der Waals surface area (Å²) in [6.45, 7) is 0. The van der Waals surface area contributed by atoms with Crippen molar-refractivity contribution >= 4 is 16.6 Å². The van der Waals surface area contributed by atoms with Crippen LogP contribution < -0.4 is 5.32 Å². The van der Waals surface area contributed by atoms with Crippen LogP contribution in [0.4, 0.5) is 5.69 Å². The Bertz CT molecular complexity index is 401. The van der Waals surface area contributed by atoms with Gasteiger partial charge in [-0.15, -0.1) is 0 Å². The second kappa shape index (κ2) is 2.55. The molecule has 2 aromatic rings. The number of hydrogen-bond donors (Lipinski definition) is 1. The minimum Gasteiger partial charge on any atom is -0.386 e. The van der Waals surface area contributed by atoms with Crippen molar-refractivity contribution in [1.29, 1.82) is 0 Å². The predicted octanol–water partition coefficient (Wildman–Crippen LogP) is 2.22. The first-order valence-corrected chi connectivity index (χ1v) is 4.05. The zero-order valence-electron chi connectivity index (χ0n) is 7.33. The quantitative estimate of drug-likeness (QED) is 0.676. The van der Waals surface area contributed by atoms with Gasteiger partial charge < -0.3 is 9.88 Å². The summed E-state index contributed by atoms with van der Waals surface area (Å²) in [6, 6.07) is 8.39. The molecule has 62 valence electrons. The molecule has 0 saturated heterocycles. The summed E-state index contributed by atoms with van der Waals surface area (Å²) in [5.41, 5.74) is 2.44. The molecule has 0 amide bonds. The number of aromatic nitrogens is 1. The Kier molecular flexibility index (Phi) is 1.54. The van der Waals surface area contributed by atoms with E-state index in [1.165, 1.54) is 16.6 Å². The SMILES string of the molecule is CNc1cccc2ccn(C)c12. The third-order valence-corrected chi connectivity index (χ3v) is 2.17. The summed E-state index contributed by atoms with van der Waals surface area (Å²) in [7, 11) is 4.00. The molecule has 1 N–H and O–H groups in total. The third kappa shape index (κ3) is 0.881. The molecule has 0 saturated carbocycles. The molecule has 2 rings (SSSR count). The fourth-order valence-corrected chi connectivity index (χ4v) is 1.56. The largest absolute Gasteiger partial charge is 0.386 e. The number of para-hydroxylation sites is 1. The van der Waals surface area contributed by atoms with E-state index in [9.17, 15) is 0 Å². The van der Waals surface area contributed by atoms with Crippen LogP contribution in [-0.2, 0) is 7.05 Å². The number of nitrogens with zero attached hydrogens (tertiary/aromatic N) is 1. The molecule has 12 heavy (non-hydrogen) atoms. The monoisotopic (exact) mass is 160 g/mol. The molecule has 0 aliphatic carbocycles. The van der Waals surface area contributed by atoms with E-state index in [-0.39, 0.29) is 0 Å². The Morgan fingerprint density at radius 1 is 1.25 bits per heavy atom. The predicted molar refractivity (Wildman–Crippen MR) is 52.5 cm³/mol. The zero-order valence-corrected chi connectivity index (χ0v) is 7.33. The van der Waals surface area contributed by atoms with Gasteiger partial charge in [0.2, 0.25) is 0 Å². The molecule has 0 radical (unpaired) electrons. The van der Waals surface area contributed by atoms with E-state index in [4.69, 9.17) is 0 Å². The van der Waals surface area contributed by atoms with Gasteiger partial charge in [0.1, 0.15) is 0 Å². The first kappa shape index (κ1) is 7.22. The number of nitrogens with one attached hydrogen (secondary N) is 1. The van der Waals surface area contributed by atoms with Crippen molar-refractivity contribution in [2.75, 3.05) is 12.4 Å². The lowest BCUT2D eigenvalue weighted by Gasteiger charge is -2.04. The maximum absolute atomic E-state index is 3.18. The lowest BCUT2D eigenvalue weighted by Crippen LogP contribution is -1.92. The average molecular weight is 160 g/mol. The first-order chi connectivity index (χ1) is 5.83. The van der Waals surface area contributed by atoms with Crippen molar-refractivity contribution in [3.05, 3.63) is 30.5 Å². The Morgan fingerprint density at radius 3 is 2.83 bits per heavy atom. The van der Waals surface area contributed by atoms with Gasteiger partial charge in [0.15, 0.2) is 0 Å². The van der Waals surface area contributed by atoms with Crippen LogP contribution in [0.3, 0.4) is 0 Å². The van der Waals surface area contributed by atoms with Gasteiger partial charge in [-0.05, 0) is 12.1 Å². The molecule has 2 nitrogen and oxygen atoms in total. The summed E-state index contributed by atoms with van der Waals surface area (Å²) < 4.78 is 2.13. The van der Waals surface area contributed by atoms with Crippen molar-refractivity contribution in [2.24, 2.45) is 7.05 Å². The fourth-order valence-electron chi connectivity index (χ4n) is 1.56. The molecule has 2 heteroatoms. The molecule has 0 spiro atoms. The molecule has 0 atom stereocenters. The minimum absolute atomic E-state index is 1.18. The Labute approximate surface area is 71.8 Å². The number of rotatable bonds is 1. The minimum atomic E-state index is 1.18. The fraction of sp³-hybridized carbons (Fsp3) is 0.200. The van der Waals surface area contributed by atoms with E-state index >= 15 is 0 Å². The maximum Gasteiger partial charge on any atom is 0.0713 e. The highest BCUT2D eigenvalue weighted by atomic mass is 15.0. The van der Waals surface area contributed by atoms with E-state index in [1.54, 1.807) is 0 Å². The summed E-state index contributed by atoms with van der Waals surface area (Å²) in [5, 5.41) is 4.46. The Hall–Kier alpha value is -1.44. The Morgan fingerprint density at radius 2 is 2.08 bits per heavy atom. The summed E-state index contributed by atoms with van der Waals surface area (Å²) >= 11 is 0. The van der Waals surface area contributed by atoms with Crippen molar-refractivity contribution in [3.8, 4) is 0 Å². The van der Waals surface area contributed by atoms with Gasteiger partial charge in [-0.3, -0.25) is 0 Å². The van der Waals surface area contributed by atoms with Crippen LogP contribution >= 0.6 is 0 Å². The van der Waals surface area contributed by atoms with Crippen LogP contribution in [-0.4, -0.2) is 11.6 Å². The second-order valence-corrected chi connectivity index (χ2v) is 2.92. The van der Waals surface area contributed by atoms with E-state index in [1.807, 2.05) is 7.05 Å². The van der Waals surface area contributed by atoms with Gasteiger partial charge in [0, 0.05) is 25.7 Å². The standard InChI is InChI=1S/C10H12N2/c1-11-9-5-3-4-8-6-7-12(2)10(8)9/h3-7,11H,1-2H3. The van der Waals surface area contributed by atoms with Crippen molar-refractivity contribution in [1.82, 2.24) is 4.57 Å². The number of anilines is 1. The van der Waals surface area contributed by atoms with Gasteiger partial charge in [0.25, 0.3) is 0 Å². The third-order valence-electron chi connectivity index (χ3n) is 2.17. The molecule has 1 aromatic heterocycles. The van der Waals surface area contributed by atoms with Crippen molar-refractivity contribution < 1.29 is 0 Å². The summed E-state index contributed by atoms with van der Waals surface area (Å²) in [4.78, 5) is 0. The van der Waals surface area contributed by atoms with Crippen molar-refractivity contribution in [3.63, 3.8) is 0 Å². The van der Waals surface area contributed by atoms with Gasteiger partial charge in [-0.25, -0.2) is 0 Å². The van der Waals surface area contributed by atoms with Crippen LogP contribution in [0.15, 0.2) is 30.5 Å². The zero-order chi connectivity index (χ0) is 8.55. The second-order valence-electron chi connectivity index (χ2n) is 2.92. The molecule has 1 aromatic carbocycles. The maximum atomic E-state index is 3.18. The van der Waals surface area contributed by atoms with Crippen LogP contribution in [0.5, 0.6) is 0 Å². The van der Waals surface area contributed by atoms with Crippen LogP contribution in [0, 0.1) is 0 Å². The highest BCUT2D eigenvalue weighted by Crippen LogP contribution is 2.22. The number of aryl methyl sites for hydroxylation is 1. The number of hydrogen-bond acceptors (Lipinski definition) is 1. The van der Waals surface area contributed by atoms with Crippen LogP contribution in [0.25, 0.3) is 10.9 Å². The van der Waals surface area contributed by atoms with E-state index in [0.29, 0.717) is 0 Å². The van der Waals surface area contributed by atoms with Gasteiger partial charge in [-0.1, -0.05) is 12.1 Å². The molecule has 0 fully saturated rings. The number of fused-ring (bicyclic) bond motifs is 1. The topological polar surface area (TPSA) is 17.0 Å². The molecular weight excluding hydrogens is 148 g/mol. The van der Waals surface area contributed by atoms with Gasteiger partial charge >= 0.3 is 0 Å². The average Bonchev–Trinajstić information content (AvgIpc) is 2.48. The van der Waals surface area contributed by atoms with E-state index in [0.717, 1.165) is 0 Å². The highest BCUT2D eigenvalue weighted by Gasteiger charge is 2.00. The molecule has 1 heterocycles. The van der Waals surface area contributed by atoms with E-state index < -0.39 is 0 Å². The normalized spacial score (nSPS) is 10.5. The van der Waals surface area contributed by atoms with Crippen molar-refractivity contribution in [2.45, 2.75) is 0 Å². The molecule has 0 unspecified atom stereocenters. The van der Waals surface area contributed by atoms with Gasteiger partial charge in [0.05, 0.1) is 11.2 Å². The van der Waals surface area contributed by atoms with E-state index in [2.05, 4.69) is 47.4 Å². The number of benzene rings is 1. The smallest absolute Gasteiger partial charge is 0.0713 e. The lowest BCUT2D eigenvalue weighted by molar-refractivity contribution is 0.969. The van der Waals surface area contributed by atoms with Crippen LogP contribution in [0.2, 0.25) is 0 Å². The summed E-state index contributed by atoms with van der Waals surface area (Å²) in [5.74, 6) is 0. The summed E-state index contributed by atoms with van der Waals surface area (Å²) in [6.07, 6.45) is 2.07. The highest BCUT2D eigenvalue weighted by molar-refractivity contribution is 5.91. The molecular formula is C10H12N2. The molecule has 0 bridgehead atoms.